The van der Waals surface area contributed by atoms with Gasteiger partial charge in [-0.2, -0.15) is 13.2 Å². The highest BCUT2D eigenvalue weighted by molar-refractivity contribution is 7.80. The van der Waals surface area contributed by atoms with E-state index in [1.54, 1.807) is 24.3 Å². The fourth-order valence-corrected chi connectivity index (χ4v) is 2.13. The van der Waals surface area contributed by atoms with Crippen molar-refractivity contribution < 1.29 is 23.1 Å². The van der Waals surface area contributed by atoms with Gasteiger partial charge in [0.15, 0.2) is 5.11 Å². The quantitative estimate of drug-likeness (QED) is 0.739. The molecule has 0 saturated heterocycles. The number of nitrogens with zero attached hydrogens (tertiary/aromatic N) is 1. The van der Waals surface area contributed by atoms with Crippen LogP contribution in [0.3, 0.4) is 0 Å². The van der Waals surface area contributed by atoms with Crippen molar-refractivity contribution >= 4 is 28.9 Å². The summed E-state index contributed by atoms with van der Waals surface area (Å²) >= 11 is 4.93. The molecule has 0 spiro atoms. The van der Waals surface area contributed by atoms with E-state index in [1.165, 1.54) is 0 Å². The number of carbonyl (C=O) groups is 1. The molecule has 0 bridgehead atoms. The number of halogens is 3. The first-order chi connectivity index (χ1) is 11.3. The predicted molar refractivity (Wildman–Crippen MR) is 85.3 cm³/mol. The minimum absolute atomic E-state index is 0.196. The van der Waals surface area contributed by atoms with E-state index in [4.69, 9.17) is 12.2 Å². The highest BCUT2D eigenvalue weighted by atomic mass is 32.1. The van der Waals surface area contributed by atoms with Crippen molar-refractivity contribution in [2.24, 2.45) is 0 Å². The van der Waals surface area contributed by atoms with Crippen LogP contribution in [0.15, 0.2) is 42.7 Å². The van der Waals surface area contributed by atoms with Crippen molar-refractivity contribution in [3.63, 3.8) is 0 Å². The molecular weight excluding hydrogens is 343 g/mol. The maximum absolute atomic E-state index is 12.9. The van der Waals surface area contributed by atoms with Crippen LogP contribution in [0.25, 0.3) is 0 Å². The third kappa shape index (κ3) is 4.27. The highest BCUT2D eigenvalue weighted by Gasteiger charge is 2.35. The Morgan fingerprint density at radius 1 is 1.25 bits per heavy atom. The van der Waals surface area contributed by atoms with Gasteiger partial charge in [0.1, 0.15) is 0 Å². The molecule has 0 aliphatic heterocycles. The van der Waals surface area contributed by atoms with Crippen molar-refractivity contribution in [2.45, 2.75) is 12.8 Å². The zero-order chi connectivity index (χ0) is 17.7. The number of nitrogens with one attached hydrogen (secondary N) is 2. The molecule has 0 radical (unpaired) electrons. The van der Waals surface area contributed by atoms with E-state index in [9.17, 15) is 23.1 Å². The van der Waals surface area contributed by atoms with Crippen molar-refractivity contribution in [1.29, 1.82) is 0 Å². The maximum atomic E-state index is 12.9. The number of carbonyl (C=O) groups excluding carboxylic acids is 1. The van der Waals surface area contributed by atoms with Gasteiger partial charge in [-0.3, -0.25) is 15.1 Å². The Labute approximate surface area is 140 Å². The van der Waals surface area contributed by atoms with E-state index in [0.717, 1.165) is 12.4 Å². The molecule has 2 aromatic rings. The second kappa shape index (κ2) is 7.37. The smallest absolute Gasteiger partial charge is 0.392 e. The molecule has 5 nitrogen and oxygen atoms in total. The number of hydrogen-bond acceptors (Lipinski definition) is 4. The van der Waals surface area contributed by atoms with E-state index in [1.807, 2.05) is 0 Å². The van der Waals surface area contributed by atoms with Gasteiger partial charge >= 0.3 is 6.18 Å². The average Bonchev–Trinajstić information content (AvgIpc) is 2.54. The van der Waals surface area contributed by atoms with Crippen LogP contribution in [0.1, 0.15) is 21.5 Å². The number of rotatable bonds is 3. The Balaban J connectivity index is 2.14. The third-order valence-electron chi connectivity index (χ3n) is 3.03. The third-order valence-corrected chi connectivity index (χ3v) is 3.24. The van der Waals surface area contributed by atoms with E-state index in [-0.39, 0.29) is 11.7 Å². The Hall–Kier alpha value is -2.52. The predicted octanol–water partition coefficient (Wildman–Crippen LogP) is 2.72. The summed E-state index contributed by atoms with van der Waals surface area (Å²) in [6, 6.07) is 7.33. The zero-order valence-corrected chi connectivity index (χ0v) is 12.9. The molecule has 0 aliphatic rings. The van der Waals surface area contributed by atoms with Gasteiger partial charge in [-0.15, -0.1) is 0 Å². The van der Waals surface area contributed by atoms with Crippen LogP contribution in [-0.2, 0) is 12.8 Å². The number of alkyl halides is 3. The first-order valence-corrected chi connectivity index (χ1v) is 7.06. The molecule has 24 heavy (non-hydrogen) atoms. The van der Waals surface area contributed by atoms with Crippen molar-refractivity contribution in [3.8, 4) is 0 Å². The average molecular weight is 355 g/mol. The molecule has 1 heterocycles. The maximum Gasteiger partial charge on any atom is 0.417 e. The zero-order valence-electron chi connectivity index (χ0n) is 12.1. The number of aliphatic hydroxyl groups excluding tert-OH is 1. The van der Waals surface area contributed by atoms with E-state index in [0.29, 0.717) is 17.3 Å². The summed E-state index contributed by atoms with van der Waals surface area (Å²) in [5, 5.41) is 13.8. The van der Waals surface area contributed by atoms with Gasteiger partial charge in [0.2, 0.25) is 0 Å². The van der Waals surface area contributed by atoms with Gasteiger partial charge in [-0.25, -0.2) is 0 Å². The van der Waals surface area contributed by atoms with Gasteiger partial charge in [0.25, 0.3) is 5.91 Å². The molecule has 2 rings (SSSR count). The molecule has 9 heteroatoms. The monoisotopic (exact) mass is 355 g/mol. The van der Waals surface area contributed by atoms with Crippen LogP contribution >= 0.6 is 12.2 Å². The molecule has 3 N–H and O–H groups in total. The summed E-state index contributed by atoms with van der Waals surface area (Å²) < 4.78 is 38.7. The molecule has 1 aromatic carbocycles. The largest absolute Gasteiger partial charge is 0.417 e. The number of anilines is 1. The number of para-hydroxylation sites is 1. The van der Waals surface area contributed by atoms with Gasteiger partial charge in [-0.1, -0.05) is 18.2 Å². The molecule has 0 atom stereocenters. The number of benzene rings is 1. The number of thiocarbonyl (C=S) groups is 1. The van der Waals surface area contributed by atoms with E-state index >= 15 is 0 Å². The Bertz CT molecular complexity index is 766. The minimum atomic E-state index is -4.69. The second-order valence-corrected chi connectivity index (χ2v) is 5.05. The van der Waals surface area contributed by atoms with Crippen LogP contribution < -0.4 is 10.6 Å². The second-order valence-electron chi connectivity index (χ2n) is 4.64. The molecule has 1 aromatic heterocycles. The summed E-state index contributed by atoms with van der Waals surface area (Å²) in [6.45, 7) is -0.263. The van der Waals surface area contributed by atoms with Crippen LogP contribution in [-0.4, -0.2) is 21.1 Å². The molecule has 0 aliphatic carbocycles. The highest BCUT2D eigenvalue weighted by Crippen LogP contribution is 2.31. The fourth-order valence-electron chi connectivity index (χ4n) is 1.93. The Kier molecular flexibility index (Phi) is 5.47. The summed E-state index contributed by atoms with van der Waals surface area (Å²) in [6.07, 6.45) is -2.91. The SMILES string of the molecule is O=C(NC(=S)Nc1ccccc1CO)c1cnccc1C(F)(F)F. The number of aliphatic hydroxyl groups is 1. The molecule has 126 valence electrons. The lowest BCUT2D eigenvalue weighted by Gasteiger charge is -2.14. The molecule has 1 amide bonds. The van der Waals surface area contributed by atoms with Crippen LogP contribution in [0.5, 0.6) is 0 Å². The van der Waals surface area contributed by atoms with Gasteiger partial charge in [0.05, 0.1) is 17.7 Å². The molecule has 0 fully saturated rings. The standard InChI is InChI=1S/C15H12F3N3O2S/c16-15(17,18)11-5-6-19-7-10(11)13(23)21-14(24)20-12-4-2-1-3-9(12)8-22/h1-7,22H,8H2,(H2,20,21,23,24). The van der Waals surface area contributed by atoms with E-state index < -0.39 is 23.2 Å². The first kappa shape index (κ1) is 17.8. The topological polar surface area (TPSA) is 74.2 Å². The first-order valence-electron chi connectivity index (χ1n) is 6.65. The molecule has 0 unspecified atom stereocenters. The van der Waals surface area contributed by atoms with Crippen molar-refractivity contribution in [3.05, 3.63) is 59.4 Å². The molecular formula is C15H12F3N3O2S. The van der Waals surface area contributed by atoms with E-state index in [2.05, 4.69) is 15.6 Å². The Morgan fingerprint density at radius 3 is 2.62 bits per heavy atom. The lowest BCUT2D eigenvalue weighted by molar-refractivity contribution is -0.138. The fraction of sp³-hybridized carbons (Fsp3) is 0.133. The number of pyridine rings is 1. The summed E-state index contributed by atoms with van der Waals surface area (Å²) in [7, 11) is 0. The summed E-state index contributed by atoms with van der Waals surface area (Å²) in [4.78, 5) is 15.6. The van der Waals surface area contributed by atoms with Gasteiger partial charge < -0.3 is 10.4 Å². The van der Waals surface area contributed by atoms with Crippen molar-refractivity contribution in [2.75, 3.05) is 5.32 Å². The normalized spacial score (nSPS) is 11.0. The Morgan fingerprint density at radius 2 is 1.96 bits per heavy atom. The summed E-state index contributed by atoms with van der Waals surface area (Å²) in [5.41, 5.74) is -0.780. The number of hydrogen-bond donors (Lipinski definition) is 3. The van der Waals surface area contributed by atoms with Crippen LogP contribution in [0.2, 0.25) is 0 Å². The molecule has 0 saturated carbocycles. The van der Waals surface area contributed by atoms with Crippen LogP contribution in [0, 0.1) is 0 Å². The number of amides is 1. The lowest BCUT2D eigenvalue weighted by Crippen LogP contribution is -2.35. The van der Waals surface area contributed by atoms with Gasteiger partial charge in [-0.05, 0) is 24.4 Å². The summed E-state index contributed by atoms with van der Waals surface area (Å²) in [5.74, 6) is -1.03. The van der Waals surface area contributed by atoms with Crippen LogP contribution in [0.4, 0.5) is 18.9 Å². The van der Waals surface area contributed by atoms with Gasteiger partial charge in [0, 0.05) is 23.6 Å². The minimum Gasteiger partial charge on any atom is -0.392 e. The van der Waals surface area contributed by atoms with Crippen molar-refractivity contribution in [1.82, 2.24) is 10.3 Å². The lowest BCUT2D eigenvalue weighted by atomic mass is 10.1. The number of aromatic nitrogens is 1.